The summed E-state index contributed by atoms with van der Waals surface area (Å²) in [6.45, 7) is 1.48. The third-order valence-electron chi connectivity index (χ3n) is 2.87. The Morgan fingerprint density at radius 3 is 2.79 bits per heavy atom. The van der Waals surface area contributed by atoms with E-state index in [0.717, 1.165) is 18.3 Å². The van der Waals surface area contributed by atoms with E-state index in [1.54, 1.807) is 7.05 Å². The molecule has 0 radical (unpaired) electrons. The van der Waals surface area contributed by atoms with Crippen molar-refractivity contribution in [3.63, 3.8) is 0 Å². The fraction of sp³-hybridized carbons (Fsp3) is 0.286. The van der Waals surface area contributed by atoms with Gasteiger partial charge in [-0.3, -0.25) is 4.99 Å². The van der Waals surface area contributed by atoms with Crippen molar-refractivity contribution in [2.75, 3.05) is 14.1 Å². The summed E-state index contributed by atoms with van der Waals surface area (Å²) in [5.74, 6) is 1.74. The average Bonchev–Trinajstić information content (AvgIpc) is 2.88. The van der Waals surface area contributed by atoms with Gasteiger partial charge in [0.2, 0.25) is 0 Å². The summed E-state index contributed by atoms with van der Waals surface area (Å²) in [6.07, 6.45) is 3.81. The molecule has 0 aliphatic carbocycles. The lowest BCUT2D eigenvalue weighted by Crippen LogP contribution is -2.34. The van der Waals surface area contributed by atoms with Crippen molar-refractivity contribution >= 4 is 5.96 Å². The first-order valence-electron chi connectivity index (χ1n) is 6.26. The number of guanidine groups is 1. The van der Waals surface area contributed by atoms with Crippen LogP contribution >= 0.6 is 0 Å². The molecule has 0 aliphatic heterocycles. The van der Waals surface area contributed by atoms with E-state index in [0.29, 0.717) is 6.54 Å². The molecule has 19 heavy (non-hydrogen) atoms. The highest BCUT2D eigenvalue weighted by molar-refractivity contribution is 5.79. The maximum Gasteiger partial charge on any atom is 0.191 e. The molecule has 1 heterocycles. The number of imidazole rings is 1. The lowest BCUT2D eigenvalue weighted by atomic mass is 10.2. The van der Waals surface area contributed by atoms with Crippen molar-refractivity contribution in [1.29, 1.82) is 0 Å². The van der Waals surface area contributed by atoms with Gasteiger partial charge in [0, 0.05) is 33.0 Å². The maximum absolute atomic E-state index is 4.37. The first-order valence-corrected chi connectivity index (χ1v) is 6.26. The van der Waals surface area contributed by atoms with Crippen LogP contribution in [0.3, 0.4) is 0 Å². The van der Waals surface area contributed by atoms with Crippen LogP contribution in [0.5, 0.6) is 0 Å². The Kier molecular flexibility index (Phi) is 4.55. The van der Waals surface area contributed by atoms with Crippen LogP contribution < -0.4 is 10.6 Å². The summed E-state index contributed by atoms with van der Waals surface area (Å²) in [6, 6.07) is 10.4. The lowest BCUT2D eigenvalue weighted by Gasteiger charge is -2.10. The van der Waals surface area contributed by atoms with Crippen LogP contribution in [0.15, 0.2) is 47.7 Å². The average molecular weight is 257 g/mol. The summed E-state index contributed by atoms with van der Waals surface area (Å²) >= 11 is 0. The molecule has 100 valence electrons. The number of aliphatic imine (C=N–C) groups is 1. The van der Waals surface area contributed by atoms with E-state index in [1.165, 1.54) is 5.56 Å². The first kappa shape index (κ1) is 13.1. The van der Waals surface area contributed by atoms with Crippen LogP contribution in [0.1, 0.15) is 11.4 Å². The monoisotopic (exact) mass is 257 g/mol. The Morgan fingerprint density at radius 2 is 2.11 bits per heavy atom. The Balaban J connectivity index is 2.02. The minimum absolute atomic E-state index is 0.646. The van der Waals surface area contributed by atoms with Gasteiger partial charge in [0.25, 0.3) is 0 Å². The van der Waals surface area contributed by atoms with Crippen molar-refractivity contribution in [2.24, 2.45) is 4.99 Å². The van der Waals surface area contributed by atoms with Gasteiger partial charge in [-0.15, -0.1) is 0 Å². The molecule has 2 rings (SSSR count). The second-order valence-electron chi connectivity index (χ2n) is 4.13. The Bertz CT molecular complexity index is 530. The number of benzene rings is 1. The number of aromatic nitrogens is 2. The molecule has 0 fully saturated rings. The van der Waals surface area contributed by atoms with Crippen LogP contribution in [-0.2, 0) is 13.1 Å². The van der Waals surface area contributed by atoms with Crippen LogP contribution in [0.2, 0.25) is 0 Å². The van der Waals surface area contributed by atoms with Crippen molar-refractivity contribution < 1.29 is 0 Å². The fourth-order valence-electron chi connectivity index (χ4n) is 1.87. The van der Waals surface area contributed by atoms with Crippen molar-refractivity contribution in [1.82, 2.24) is 20.2 Å². The van der Waals surface area contributed by atoms with Gasteiger partial charge < -0.3 is 15.2 Å². The van der Waals surface area contributed by atoms with Crippen LogP contribution in [-0.4, -0.2) is 29.6 Å². The third kappa shape index (κ3) is 3.58. The number of hydrogen-bond acceptors (Lipinski definition) is 2. The SMILES string of the molecule is CN=C(NC)NCc1nccn1Cc1ccccc1. The molecule has 0 saturated carbocycles. The number of rotatable bonds is 4. The van der Waals surface area contributed by atoms with Gasteiger partial charge in [-0.25, -0.2) is 4.98 Å². The van der Waals surface area contributed by atoms with E-state index in [1.807, 2.05) is 37.6 Å². The predicted molar refractivity (Wildman–Crippen MR) is 77.0 cm³/mol. The van der Waals surface area contributed by atoms with E-state index >= 15 is 0 Å². The van der Waals surface area contributed by atoms with Crippen LogP contribution in [0.25, 0.3) is 0 Å². The van der Waals surface area contributed by atoms with Crippen LogP contribution in [0.4, 0.5) is 0 Å². The van der Waals surface area contributed by atoms with E-state index < -0.39 is 0 Å². The molecule has 0 saturated heterocycles. The molecule has 2 N–H and O–H groups in total. The largest absolute Gasteiger partial charge is 0.359 e. The number of nitrogens with zero attached hydrogens (tertiary/aromatic N) is 3. The summed E-state index contributed by atoms with van der Waals surface area (Å²) in [5.41, 5.74) is 1.26. The predicted octanol–water partition coefficient (Wildman–Crippen LogP) is 1.23. The molecule has 0 aliphatic rings. The van der Waals surface area contributed by atoms with Gasteiger partial charge in [0.1, 0.15) is 5.82 Å². The Hall–Kier alpha value is -2.30. The normalized spacial score (nSPS) is 11.4. The minimum Gasteiger partial charge on any atom is -0.359 e. The fourth-order valence-corrected chi connectivity index (χ4v) is 1.87. The Morgan fingerprint density at radius 1 is 1.32 bits per heavy atom. The van der Waals surface area contributed by atoms with Crippen molar-refractivity contribution in [2.45, 2.75) is 13.1 Å². The van der Waals surface area contributed by atoms with Gasteiger partial charge in [-0.1, -0.05) is 30.3 Å². The van der Waals surface area contributed by atoms with E-state index in [9.17, 15) is 0 Å². The molecule has 1 aromatic heterocycles. The topological polar surface area (TPSA) is 54.2 Å². The van der Waals surface area contributed by atoms with E-state index in [4.69, 9.17) is 0 Å². The molecule has 0 amide bonds. The molecular formula is C14H19N5. The molecule has 0 spiro atoms. The summed E-state index contributed by atoms with van der Waals surface area (Å²) in [7, 11) is 3.58. The Labute approximate surface area is 113 Å². The van der Waals surface area contributed by atoms with E-state index in [-0.39, 0.29) is 0 Å². The third-order valence-corrected chi connectivity index (χ3v) is 2.87. The molecule has 1 aromatic carbocycles. The molecule has 0 unspecified atom stereocenters. The second kappa shape index (κ2) is 6.58. The molecular weight excluding hydrogens is 238 g/mol. The van der Waals surface area contributed by atoms with E-state index in [2.05, 4.69) is 37.3 Å². The smallest absolute Gasteiger partial charge is 0.191 e. The van der Waals surface area contributed by atoms with Crippen LogP contribution in [0, 0.1) is 0 Å². The molecule has 2 aromatic rings. The highest BCUT2D eigenvalue weighted by atomic mass is 15.2. The van der Waals surface area contributed by atoms with Crippen molar-refractivity contribution in [3.05, 3.63) is 54.1 Å². The lowest BCUT2D eigenvalue weighted by molar-refractivity contribution is 0.693. The summed E-state index contributed by atoms with van der Waals surface area (Å²) in [4.78, 5) is 8.45. The first-order chi connectivity index (χ1) is 9.33. The minimum atomic E-state index is 0.646. The zero-order valence-electron chi connectivity index (χ0n) is 11.3. The molecule has 5 heteroatoms. The standard InChI is InChI=1S/C14H19N5/c1-15-14(16-2)18-10-13-17-8-9-19(13)11-12-6-4-3-5-7-12/h3-9H,10-11H2,1-2H3,(H2,15,16,18). The van der Waals surface area contributed by atoms with Gasteiger partial charge in [-0.05, 0) is 5.56 Å². The number of nitrogens with one attached hydrogen (secondary N) is 2. The van der Waals surface area contributed by atoms with Gasteiger partial charge in [-0.2, -0.15) is 0 Å². The quantitative estimate of drug-likeness (QED) is 0.640. The van der Waals surface area contributed by atoms with Gasteiger partial charge in [0.05, 0.1) is 6.54 Å². The zero-order valence-corrected chi connectivity index (χ0v) is 11.3. The second-order valence-corrected chi connectivity index (χ2v) is 4.13. The number of hydrogen-bond donors (Lipinski definition) is 2. The summed E-state index contributed by atoms with van der Waals surface area (Å²) < 4.78 is 2.13. The van der Waals surface area contributed by atoms with Crippen molar-refractivity contribution in [3.8, 4) is 0 Å². The molecule has 5 nitrogen and oxygen atoms in total. The van der Waals surface area contributed by atoms with Gasteiger partial charge in [0.15, 0.2) is 5.96 Å². The maximum atomic E-state index is 4.37. The van der Waals surface area contributed by atoms with Gasteiger partial charge >= 0.3 is 0 Å². The molecule has 0 atom stereocenters. The zero-order chi connectivity index (χ0) is 13.5. The highest BCUT2D eigenvalue weighted by Crippen LogP contribution is 2.05. The summed E-state index contributed by atoms with van der Waals surface area (Å²) in [5, 5.41) is 6.19. The highest BCUT2D eigenvalue weighted by Gasteiger charge is 2.04. The molecule has 0 bridgehead atoms.